The van der Waals surface area contributed by atoms with Crippen molar-refractivity contribution in [1.82, 2.24) is 0 Å². The number of ether oxygens (including phenoxy) is 1. The minimum Gasteiger partial charge on any atom is -0.457 e. The maximum atomic E-state index is 11.9. The normalized spacial score (nSPS) is 13.5. The van der Waals surface area contributed by atoms with Crippen LogP contribution >= 0.6 is 23.5 Å². The van der Waals surface area contributed by atoms with Crippen LogP contribution in [-0.2, 0) is 4.79 Å². The number of rotatable bonds is 5. The Morgan fingerprint density at radius 3 is 2.57 bits per heavy atom. The number of hydrogen-bond donors (Lipinski definition) is 1. The second-order valence-corrected chi connectivity index (χ2v) is 7.08. The van der Waals surface area contributed by atoms with E-state index in [1.165, 1.54) is 11.8 Å². The monoisotopic (exact) mass is 344 g/mol. The van der Waals surface area contributed by atoms with Gasteiger partial charge in [0.1, 0.15) is 15.9 Å². The highest BCUT2D eigenvalue weighted by molar-refractivity contribution is 8.39. The molecule has 1 N–H and O–H groups in total. The lowest BCUT2D eigenvalue weighted by atomic mass is 10.3. The fraction of sp³-hybridized carbons (Fsp3) is 0.176. The zero-order valence-corrected chi connectivity index (χ0v) is 14.0. The van der Waals surface area contributed by atoms with E-state index in [0.29, 0.717) is 5.75 Å². The summed E-state index contributed by atoms with van der Waals surface area (Å²) in [4.78, 5) is 16.2. The summed E-state index contributed by atoms with van der Waals surface area (Å²) in [6, 6.07) is 16.9. The van der Waals surface area contributed by atoms with Gasteiger partial charge in [0.25, 0.3) is 0 Å². The van der Waals surface area contributed by atoms with Crippen molar-refractivity contribution in [3.05, 3.63) is 54.6 Å². The van der Waals surface area contributed by atoms with E-state index < -0.39 is 0 Å². The molecule has 0 radical (unpaired) electrons. The molecular formula is C17H16N2O2S2. The lowest BCUT2D eigenvalue weighted by Gasteiger charge is -2.08. The van der Waals surface area contributed by atoms with E-state index in [1.807, 2.05) is 54.6 Å². The molecule has 0 aliphatic carbocycles. The molecule has 2 aromatic carbocycles. The highest BCUT2D eigenvalue weighted by Gasteiger charge is 2.10. The van der Waals surface area contributed by atoms with Gasteiger partial charge in [-0.15, -0.1) is 0 Å². The Morgan fingerprint density at radius 2 is 1.87 bits per heavy atom. The van der Waals surface area contributed by atoms with E-state index in [2.05, 4.69) is 10.3 Å². The van der Waals surface area contributed by atoms with E-state index in [9.17, 15) is 4.79 Å². The molecule has 1 heterocycles. The number of benzene rings is 2. The van der Waals surface area contributed by atoms with Gasteiger partial charge in [-0.25, -0.2) is 0 Å². The molecule has 2 aromatic rings. The first-order chi connectivity index (χ1) is 11.3. The zero-order chi connectivity index (χ0) is 15.9. The lowest BCUT2D eigenvalue weighted by molar-refractivity contribution is -0.113. The molecule has 0 atom stereocenters. The van der Waals surface area contributed by atoms with Crippen molar-refractivity contribution >= 4 is 39.5 Å². The van der Waals surface area contributed by atoms with Gasteiger partial charge in [-0.05, 0) is 36.4 Å². The van der Waals surface area contributed by atoms with Crippen LogP contribution in [-0.4, -0.2) is 28.3 Å². The van der Waals surface area contributed by atoms with E-state index in [0.717, 1.165) is 33.9 Å². The van der Waals surface area contributed by atoms with Gasteiger partial charge in [0, 0.05) is 11.4 Å². The molecule has 0 spiro atoms. The summed E-state index contributed by atoms with van der Waals surface area (Å²) in [5, 5.41) is 2.88. The second kappa shape index (κ2) is 8.08. The highest BCUT2D eigenvalue weighted by Crippen LogP contribution is 2.24. The maximum Gasteiger partial charge on any atom is 0.234 e. The number of hydrogen-bond acceptors (Lipinski definition) is 5. The zero-order valence-electron chi connectivity index (χ0n) is 12.4. The lowest BCUT2D eigenvalue weighted by Crippen LogP contribution is -2.14. The number of carbonyl (C=O) groups excluding carboxylic acids is 1. The fourth-order valence-corrected chi connectivity index (χ4v) is 3.77. The van der Waals surface area contributed by atoms with E-state index in [-0.39, 0.29) is 5.91 Å². The number of carbonyl (C=O) groups is 1. The first-order valence-electron chi connectivity index (χ1n) is 7.22. The van der Waals surface area contributed by atoms with Crippen LogP contribution in [0.4, 0.5) is 5.69 Å². The fourth-order valence-electron chi connectivity index (χ4n) is 1.96. The quantitative estimate of drug-likeness (QED) is 0.881. The predicted octanol–water partition coefficient (Wildman–Crippen LogP) is 4.25. The van der Waals surface area contributed by atoms with Crippen molar-refractivity contribution in [2.75, 3.05) is 23.4 Å². The van der Waals surface area contributed by atoms with Gasteiger partial charge < -0.3 is 10.1 Å². The summed E-state index contributed by atoms with van der Waals surface area (Å²) in [6.45, 7) is 0.859. The molecule has 23 heavy (non-hydrogen) atoms. The molecule has 0 aromatic heterocycles. The van der Waals surface area contributed by atoms with Crippen LogP contribution in [0.15, 0.2) is 59.6 Å². The summed E-state index contributed by atoms with van der Waals surface area (Å²) in [7, 11) is 0. The standard InChI is InChI=1S/C17H16N2O2S2/c20-16(12-23-17-18-10-11-22-17)19-13-6-8-15(9-7-13)21-14-4-2-1-3-5-14/h1-9H,10-12H2,(H,19,20). The largest absolute Gasteiger partial charge is 0.457 e. The molecule has 1 amide bonds. The summed E-state index contributed by atoms with van der Waals surface area (Å²) < 4.78 is 6.72. The SMILES string of the molecule is O=C(CSC1=NCCS1)Nc1ccc(Oc2ccccc2)cc1. The molecular weight excluding hydrogens is 328 g/mol. The molecule has 3 rings (SSSR count). The van der Waals surface area contributed by atoms with E-state index in [4.69, 9.17) is 4.74 Å². The van der Waals surface area contributed by atoms with E-state index >= 15 is 0 Å². The third-order valence-corrected chi connectivity index (χ3v) is 5.25. The maximum absolute atomic E-state index is 11.9. The van der Waals surface area contributed by atoms with Crippen LogP contribution in [0.1, 0.15) is 0 Å². The van der Waals surface area contributed by atoms with Crippen molar-refractivity contribution < 1.29 is 9.53 Å². The van der Waals surface area contributed by atoms with Crippen LogP contribution in [0, 0.1) is 0 Å². The third-order valence-electron chi connectivity index (χ3n) is 3.00. The molecule has 0 bridgehead atoms. The van der Waals surface area contributed by atoms with Crippen LogP contribution < -0.4 is 10.1 Å². The Balaban J connectivity index is 1.49. The number of amides is 1. The summed E-state index contributed by atoms with van der Waals surface area (Å²) >= 11 is 3.20. The van der Waals surface area contributed by atoms with Gasteiger partial charge in [0.2, 0.25) is 5.91 Å². The summed E-state index contributed by atoms with van der Waals surface area (Å²) in [5.74, 6) is 2.90. The number of thioether (sulfide) groups is 2. The Bertz CT molecular complexity index is 687. The van der Waals surface area contributed by atoms with Gasteiger partial charge in [-0.1, -0.05) is 41.7 Å². The second-order valence-electron chi connectivity index (χ2n) is 4.77. The van der Waals surface area contributed by atoms with Crippen molar-refractivity contribution in [1.29, 1.82) is 0 Å². The summed E-state index contributed by atoms with van der Waals surface area (Å²) in [5.41, 5.74) is 0.761. The Labute approximate surface area is 143 Å². The first-order valence-corrected chi connectivity index (χ1v) is 9.19. The van der Waals surface area contributed by atoms with Gasteiger partial charge in [0.15, 0.2) is 0 Å². The Hall–Kier alpha value is -1.92. The topological polar surface area (TPSA) is 50.7 Å². The molecule has 0 saturated carbocycles. The predicted molar refractivity (Wildman–Crippen MR) is 98.8 cm³/mol. The minimum absolute atomic E-state index is 0.0260. The molecule has 1 aliphatic rings. The number of nitrogens with one attached hydrogen (secondary N) is 1. The van der Waals surface area contributed by atoms with Crippen LogP contribution in [0.2, 0.25) is 0 Å². The van der Waals surface area contributed by atoms with Crippen LogP contribution in [0.3, 0.4) is 0 Å². The van der Waals surface area contributed by atoms with Gasteiger partial charge in [-0.2, -0.15) is 0 Å². The van der Waals surface area contributed by atoms with Crippen LogP contribution in [0.5, 0.6) is 11.5 Å². The van der Waals surface area contributed by atoms with Crippen molar-refractivity contribution in [3.63, 3.8) is 0 Å². The molecule has 1 aliphatic heterocycles. The number of anilines is 1. The molecule has 118 valence electrons. The summed E-state index contributed by atoms with van der Waals surface area (Å²) in [6.07, 6.45) is 0. The third kappa shape index (κ3) is 5.04. The number of para-hydroxylation sites is 1. The highest BCUT2D eigenvalue weighted by atomic mass is 32.2. The molecule has 6 heteroatoms. The van der Waals surface area contributed by atoms with Gasteiger partial charge in [-0.3, -0.25) is 9.79 Å². The number of aliphatic imine (C=N–C) groups is 1. The molecule has 0 saturated heterocycles. The minimum atomic E-state index is -0.0260. The van der Waals surface area contributed by atoms with Crippen molar-refractivity contribution in [3.8, 4) is 11.5 Å². The molecule has 0 fully saturated rings. The van der Waals surface area contributed by atoms with Crippen molar-refractivity contribution in [2.24, 2.45) is 4.99 Å². The van der Waals surface area contributed by atoms with Crippen LogP contribution in [0.25, 0.3) is 0 Å². The average molecular weight is 344 g/mol. The van der Waals surface area contributed by atoms with Crippen molar-refractivity contribution in [2.45, 2.75) is 0 Å². The number of nitrogens with zero attached hydrogens (tertiary/aromatic N) is 1. The van der Waals surface area contributed by atoms with E-state index in [1.54, 1.807) is 11.8 Å². The molecule has 4 nitrogen and oxygen atoms in total. The smallest absolute Gasteiger partial charge is 0.234 e. The van der Waals surface area contributed by atoms with Gasteiger partial charge in [0.05, 0.1) is 12.3 Å². The first kappa shape index (κ1) is 16.0. The Morgan fingerprint density at radius 1 is 1.13 bits per heavy atom. The Kier molecular flexibility index (Phi) is 5.60. The average Bonchev–Trinajstić information content (AvgIpc) is 3.09. The molecule has 0 unspecified atom stereocenters. The van der Waals surface area contributed by atoms with Gasteiger partial charge >= 0.3 is 0 Å².